The second-order valence-corrected chi connectivity index (χ2v) is 8.20. The molecular formula is C26H20N4O4. The Balaban J connectivity index is 1.47. The average Bonchev–Trinajstić information content (AvgIpc) is 3.63. The van der Waals surface area contributed by atoms with Gasteiger partial charge in [-0.15, -0.1) is 0 Å². The summed E-state index contributed by atoms with van der Waals surface area (Å²) < 4.78 is 12.9. The van der Waals surface area contributed by atoms with Crippen molar-refractivity contribution in [1.29, 1.82) is 0 Å². The minimum atomic E-state index is -0.321. The molecule has 1 unspecified atom stereocenters. The molecule has 5 aromatic rings. The number of ether oxygens (including phenoxy) is 2. The van der Waals surface area contributed by atoms with E-state index in [2.05, 4.69) is 9.97 Å². The third kappa shape index (κ3) is 3.45. The van der Waals surface area contributed by atoms with Gasteiger partial charge in [0.05, 0.1) is 40.9 Å². The maximum absolute atomic E-state index is 12.1. The highest BCUT2D eigenvalue weighted by atomic mass is 16.7. The monoisotopic (exact) mass is 452 g/mol. The molecule has 0 fully saturated rings. The van der Waals surface area contributed by atoms with Crippen molar-refractivity contribution >= 4 is 16.5 Å². The summed E-state index contributed by atoms with van der Waals surface area (Å²) in [4.78, 5) is 19.1. The van der Waals surface area contributed by atoms with Gasteiger partial charge in [0.15, 0.2) is 11.5 Å². The number of nitrogens with one attached hydrogen (secondary N) is 1. The molecule has 0 amide bonds. The van der Waals surface area contributed by atoms with E-state index in [4.69, 9.17) is 9.47 Å². The number of benzene rings is 3. The molecular weight excluding hydrogens is 432 g/mol. The van der Waals surface area contributed by atoms with Gasteiger partial charge in [0, 0.05) is 6.20 Å². The van der Waals surface area contributed by atoms with Gasteiger partial charge in [0.2, 0.25) is 6.79 Å². The molecule has 0 saturated carbocycles. The molecule has 34 heavy (non-hydrogen) atoms. The fourth-order valence-corrected chi connectivity index (χ4v) is 4.57. The van der Waals surface area contributed by atoms with Crippen LogP contribution in [-0.2, 0) is 6.42 Å². The second kappa shape index (κ2) is 8.08. The Morgan fingerprint density at radius 2 is 1.88 bits per heavy atom. The molecule has 0 aliphatic carbocycles. The maximum Gasteiger partial charge on any atom is 0.294 e. The fraction of sp³-hybridized carbons (Fsp3) is 0.115. The molecule has 1 N–H and O–H groups in total. The molecule has 8 heteroatoms. The van der Waals surface area contributed by atoms with Gasteiger partial charge in [-0.2, -0.15) is 0 Å². The predicted molar refractivity (Wildman–Crippen MR) is 127 cm³/mol. The zero-order valence-electron chi connectivity index (χ0n) is 18.0. The molecule has 1 atom stereocenters. The zero-order chi connectivity index (χ0) is 23.1. The van der Waals surface area contributed by atoms with E-state index in [1.54, 1.807) is 18.7 Å². The molecule has 0 spiro atoms. The van der Waals surface area contributed by atoms with Crippen LogP contribution in [-0.4, -0.2) is 26.3 Å². The van der Waals surface area contributed by atoms with Crippen molar-refractivity contribution in [2.75, 3.05) is 6.79 Å². The molecule has 8 nitrogen and oxygen atoms in total. The van der Waals surface area contributed by atoms with E-state index in [1.807, 2.05) is 71.4 Å². The smallest absolute Gasteiger partial charge is 0.294 e. The van der Waals surface area contributed by atoms with Crippen LogP contribution in [0.2, 0.25) is 0 Å². The lowest BCUT2D eigenvalue weighted by molar-refractivity contribution is -0.384. The van der Waals surface area contributed by atoms with Crippen molar-refractivity contribution in [3.8, 4) is 22.6 Å². The Labute approximate surface area is 194 Å². The van der Waals surface area contributed by atoms with Crippen LogP contribution in [0, 0.1) is 10.1 Å². The van der Waals surface area contributed by atoms with Gasteiger partial charge in [-0.1, -0.05) is 48.5 Å². The van der Waals surface area contributed by atoms with E-state index in [9.17, 15) is 10.1 Å². The van der Waals surface area contributed by atoms with E-state index in [1.165, 1.54) is 0 Å². The van der Waals surface area contributed by atoms with Gasteiger partial charge < -0.3 is 19.0 Å². The van der Waals surface area contributed by atoms with Crippen LogP contribution in [0.5, 0.6) is 11.5 Å². The lowest BCUT2D eigenvalue weighted by Gasteiger charge is -2.18. The van der Waals surface area contributed by atoms with Crippen LogP contribution < -0.4 is 9.47 Å². The molecule has 2 aromatic heterocycles. The van der Waals surface area contributed by atoms with Crippen LogP contribution in [0.25, 0.3) is 21.9 Å². The highest BCUT2D eigenvalue weighted by molar-refractivity contribution is 5.98. The molecule has 0 saturated heterocycles. The molecule has 1 aliphatic rings. The van der Waals surface area contributed by atoms with Gasteiger partial charge in [0.1, 0.15) is 0 Å². The molecule has 0 radical (unpaired) electrons. The quantitative estimate of drug-likeness (QED) is 0.271. The molecule has 1 aliphatic heterocycles. The van der Waals surface area contributed by atoms with Crippen molar-refractivity contribution in [3.05, 3.63) is 107 Å². The Bertz CT molecular complexity index is 1500. The van der Waals surface area contributed by atoms with E-state index in [-0.39, 0.29) is 23.4 Å². The standard InChI is InChI=1S/C26H20N4O4/c31-30(32)24-14-29(13-21(24)20-7-3-5-18-4-1-2-6-19(18)20)23(22-12-27-15-28-22)10-17-8-9-25-26(11-17)34-16-33-25/h1-9,11-15,23H,10,16H2,(H,27,28). The first-order valence-electron chi connectivity index (χ1n) is 10.9. The third-order valence-corrected chi connectivity index (χ3v) is 6.21. The second-order valence-electron chi connectivity index (χ2n) is 8.20. The number of H-pyrrole nitrogens is 1. The minimum Gasteiger partial charge on any atom is -0.454 e. The number of fused-ring (bicyclic) bond motifs is 2. The summed E-state index contributed by atoms with van der Waals surface area (Å²) in [6, 6.07) is 19.4. The number of nitrogens with zero attached hydrogens (tertiary/aromatic N) is 3. The lowest BCUT2D eigenvalue weighted by atomic mass is 9.99. The van der Waals surface area contributed by atoms with Gasteiger partial charge in [-0.3, -0.25) is 10.1 Å². The highest BCUT2D eigenvalue weighted by Gasteiger charge is 2.25. The van der Waals surface area contributed by atoms with Crippen molar-refractivity contribution < 1.29 is 14.4 Å². The Morgan fingerprint density at radius 1 is 1.03 bits per heavy atom. The van der Waals surface area contributed by atoms with E-state index >= 15 is 0 Å². The Hall–Kier alpha value is -4.59. The number of aromatic nitrogens is 3. The third-order valence-electron chi connectivity index (χ3n) is 6.21. The first kappa shape index (κ1) is 20.0. The summed E-state index contributed by atoms with van der Waals surface area (Å²) in [6.45, 7) is 0.209. The van der Waals surface area contributed by atoms with Crippen LogP contribution in [0.4, 0.5) is 5.69 Å². The van der Waals surface area contributed by atoms with Gasteiger partial charge in [-0.05, 0) is 40.5 Å². The SMILES string of the molecule is O=[N+]([O-])c1cn(C(Cc2ccc3c(c2)OCO3)c2cnc[nH]2)cc1-c1cccc2ccccc12. The maximum atomic E-state index is 12.1. The molecule has 3 heterocycles. The largest absolute Gasteiger partial charge is 0.454 e. The van der Waals surface area contributed by atoms with Crippen LogP contribution >= 0.6 is 0 Å². The molecule has 168 valence electrons. The molecule has 6 rings (SSSR count). The van der Waals surface area contributed by atoms with Gasteiger partial charge in [0.25, 0.3) is 5.69 Å². The van der Waals surface area contributed by atoms with E-state index in [0.717, 1.165) is 33.3 Å². The van der Waals surface area contributed by atoms with Crippen LogP contribution in [0.15, 0.2) is 85.6 Å². The first-order chi connectivity index (χ1) is 16.7. The van der Waals surface area contributed by atoms with Crippen molar-refractivity contribution in [2.24, 2.45) is 0 Å². The van der Waals surface area contributed by atoms with Crippen LogP contribution in [0.1, 0.15) is 17.3 Å². The summed E-state index contributed by atoms with van der Waals surface area (Å²) in [6.07, 6.45) is 7.42. The average molecular weight is 452 g/mol. The number of rotatable bonds is 6. The number of hydrogen-bond acceptors (Lipinski definition) is 5. The zero-order valence-corrected chi connectivity index (χ0v) is 18.0. The normalized spacial score (nSPS) is 13.3. The summed E-state index contributed by atoms with van der Waals surface area (Å²) >= 11 is 0. The van der Waals surface area contributed by atoms with Crippen molar-refractivity contribution in [1.82, 2.24) is 14.5 Å². The summed E-state index contributed by atoms with van der Waals surface area (Å²) in [7, 11) is 0. The number of imidazole rings is 1. The highest BCUT2D eigenvalue weighted by Crippen LogP contribution is 2.39. The first-order valence-corrected chi connectivity index (χ1v) is 10.9. The summed E-state index contributed by atoms with van der Waals surface area (Å²) in [5, 5.41) is 14.1. The van der Waals surface area contributed by atoms with E-state index < -0.39 is 0 Å². The minimum absolute atomic E-state index is 0.0616. The lowest BCUT2D eigenvalue weighted by Crippen LogP contribution is -2.12. The Morgan fingerprint density at radius 3 is 2.74 bits per heavy atom. The van der Waals surface area contributed by atoms with E-state index in [0.29, 0.717) is 17.7 Å². The summed E-state index contributed by atoms with van der Waals surface area (Å²) in [5.74, 6) is 1.42. The number of nitro groups is 1. The van der Waals surface area contributed by atoms with Crippen LogP contribution in [0.3, 0.4) is 0 Å². The van der Waals surface area contributed by atoms with Gasteiger partial charge in [-0.25, -0.2) is 4.98 Å². The fourth-order valence-electron chi connectivity index (χ4n) is 4.57. The Kier molecular flexibility index (Phi) is 4.76. The summed E-state index contributed by atoms with van der Waals surface area (Å²) in [5.41, 5.74) is 3.34. The number of aromatic amines is 1. The molecule has 3 aromatic carbocycles. The number of hydrogen-bond donors (Lipinski definition) is 1. The van der Waals surface area contributed by atoms with Crippen molar-refractivity contribution in [3.63, 3.8) is 0 Å². The van der Waals surface area contributed by atoms with Crippen molar-refractivity contribution in [2.45, 2.75) is 12.5 Å². The predicted octanol–water partition coefficient (Wildman–Crippen LogP) is 5.50. The molecule has 0 bridgehead atoms. The van der Waals surface area contributed by atoms with Gasteiger partial charge >= 0.3 is 0 Å². The topological polar surface area (TPSA) is 95.2 Å².